The minimum absolute atomic E-state index is 0. The van der Waals surface area contributed by atoms with Gasteiger partial charge in [-0.25, -0.2) is 0 Å². The average molecular weight is 238 g/mol. The zero-order valence-electron chi connectivity index (χ0n) is 7.87. The first kappa shape index (κ1) is 14.8. The summed E-state index contributed by atoms with van der Waals surface area (Å²) in [6.07, 6.45) is 3.65. The van der Waals surface area contributed by atoms with Gasteiger partial charge in [-0.1, -0.05) is 56.2 Å². The number of rotatable bonds is 2. The molecule has 0 saturated heterocycles. The van der Waals surface area contributed by atoms with Crippen molar-refractivity contribution in [2.24, 2.45) is 0 Å². The molecule has 0 nitrogen and oxygen atoms in total. The molecule has 1 heteroatoms. The molecule has 0 aromatic heterocycles. The van der Waals surface area contributed by atoms with Gasteiger partial charge in [0.05, 0.1) is 0 Å². The van der Waals surface area contributed by atoms with Crippen molar-refractivity contribution >= 4 is 0 Å². The quantitative estimate of drug-likeness (QED) is 0.689. The first-order chi connectivity index (χ1) is 5.41. The van der Waals surface area contributed by atoms with E-state index in [1.54, 1.807) is 0 Å². The largest absolute Gasteiger partial charge is 0.343 e. The Morgan fingerprint density at radius 3 is 1.33 bits per heavy atom. The second kappa shape index (κ2) is 13.9. The van der Waals surface area contributed by atoms with Gasteiger partial charge < -0.3 is 6.92 Å². The van der Waals surface area contributed by atoms with Crippen LogP contribution in [0.25, 0.3) is 0 Å². The van der Waals surface area contributed by atoms with Gasteiger partial charge in [0.25, 0.3) is 0 Å². The maximum absolute atomic E-state index is 3.68. The third-order valence-corrected chi connectivity index (χ3v) is 1.27. The summed E-state index contributed by atoms with van der Waals surface area (Å²) in [6.45, 7) is 5.85. The molecule has 0 aliphatic carbocycles. The Bertz CT molecular complexity index is 108. The van der Waals surface area contributed by atoms with Crippen molar-refractivity contribution in [3.63, 3.8) is 0 Å². The van der Waals surface area contributed by atoms with Crippen molar-refractivity contribution in [2.75, 3.05) is 0 Å². The monoisotopic (exact) mass is 238 g/mol. The Morgan fingerprint density at radius 1 is 0.917 bits per heavy atom. The Balaban J connectivity index is 0. The number of benzene rings is 1. The van der Waals surface area contributed by atoms with Crippen molar-refractivity contribution in [3.8, 4) is 0 Å². The van der Waals surface area contributed by atoms with E-state index in [4.69, 9.17) is 0 Å². The van der Waals surface area contributed by atoms with Gasteiger partial charge >= 0.3 is 0 Å². The van der Waals surface area contributed by atoms with E-state index in [1.807, 2.05) is 36.4 Å². The molecule has 0 atom stereocenters. The van der Waals surface area contributed by atoms with Gasteiger partial charge in [-0.2, -0.15) is 6.42 Å². The van der Waals surface area contributed by atoms with Crippen LogP contribution in [0, 0.1) is 6.92 Å². The zero-order valence-corrected chi connectivity index (χ0v) is 10.7. The summed E-state index contributed by atoms with van der Waals surface area (Å²) in [6, 6.07) is 12.0. The minimum atomic E-state index is 0. The molecule has 1 radical (unpaired) electrons. The van der Waals surface area contributed by atoms with Gasteiger partial charge in [-0.15, -0.1) is 0 Å². The molecule has 0 aliphatic rings. The summed E-state index contributed by atoms with van der Waals surface area (Å²) in [4.78, 5) is 0. The molecule has 12 heavy (non-hydrogen) atoms. The molecule has 0 amide bonds. The standard InChI is InChI=1S/C6H6.C5H11.Y/c1-2-4-6-5-3-1;1-3-5-4-2;/h1-6H;1,3-5H2,2H3;/q;-1;. The van der Waals surface area contributed by atoms with Crippen LogP contribution in [0.2, 0.25) is 0 Å². The van der Waals surface area contributed by atoms with Gasteiger partial charge in [0.2, 0.25) is 0 Å². The first-order valence-electron chi connectivity index (χ1n) is 4.21. The van der Waals surface area contributed by atoms with Crippen molar-refractivity contribution in [2.45, 2.75) is 26.2 Å². The molecular formula is C11H17Y-. The van der Waals surface area contributed by atoms with Crippen LogP contribution in [-0.2, 0) is 32.7 Å². The summed E-state index contributed by atoms with van der Waals surface area (Å²) in [5.41, 5.74) is 0. The third kappa shape index (κ3) is 13.0. The fourth-order valence-corrected chi connectivity index (χ4v) is 0.635. The number of hydrogen-bond acceptors (Lipinski definition) is 0. The SMILES string of the molecule is [CH2-]CCCC.[Y].c1ccccc1. The van der Waals surface area contributed by atoms with Crippen LogP contribution in [0.4, 0.5) is 0 Å². The zero-order chi connectivity index (χ0) is 8.36. The predicted octanol–water partition coefficient (Wildman–Crippen LogP) is 3.69. The van der Waals surface area contributed by atoms with E-state index in [-0.39, 0.29) is 32.7 Å². The van der Waals surface area contributed by atoms with Crippen LogP contribution in [0.5, 0.6) is 0 Å². The minimum Gasteiger partial charge on any atom is -0.343 e. The van der Waals surface area contributed by atoms with Crippen LogP contribution >= 0.6 is 0 Å². The summed E-state index contributed by atoms with van der Waals surface area (Å²) in [5.74, 6) is 0. The van der Waals surface area contributed by atoms with E-state index in [0.29, 0.717) is 0 Å². The maximum Gasteiger partial charge on any atom is 0 e. The van der Waals surface area contributed by atoms with E-state index < -0.39 is 0 Å². The maximum atomic E-state index is 3.68. The van der Waals surface area contributed by atoms with Gasteiger partial charge in [-0.05, 0) is 0 Å². The Labute approximate surface area is 102 Å². The molecule has 0 N–H and O–H groups in total. The van der Waals surface area contributed by atoms with Gasteiger partial charge in [0.15, 0.2) is 0 Å². The van der Waals surface area contributed by atoms with E-state index in [1.165, 1.54) is 12.8 Å². The predicted molar refractivity (Wildman–Crippen MR) is 51.3 cm³/mol. The topological polar surface area (TPSA) is 0 Å². The molecule has 0 heterocycles. The first-order valence-corrected chi connectivity index (χ1v) is 4.21. The van der Waals surface area contributed by atoms with E-state index in [2.05, 4.69) is 13.8 Å². The number of unbranched alkanes of at least 4 members (excludes halogenated alkanes) is 2. The molecule has 1 rings (SSSR count). The summed E-state index contributed by atoms with van der Waals surface area (Å²) in [7, 11) is 0. The van der Waals surface area contributed by atoms with Gasteiger partial charge in [-0.3, -0.25) is 0 Å². The Hall–Kier alpha value is 0.324. The van der Waals surface area contributed by atoms with Gasteiger partial charge in [0, 0.05) is 32.7 Å². The summed E-state index contributed by atoms with van der Waals surface area (Å²) in [5, 5.41) is 0. The molecule has 65 valence electrons. The molecule has 0 aliphatic heterocycles. The summed E-state index contributed by atoms with van der Waals surface area (Å²) < 4.78 is 0. The van der Waals surface area contributed by atoms with Crippen molar-refractivity contribution in [1.29, 1.82) is 0 Å². The Kier molecular flexibility index (Phi) is 17.2. The molecular weight excluding hydrogens is 221 g/mol. The molecule has 0 unspecified atom stereocenters. The fourth-order valence-electron chi connectivity index (χ4n) is 0.635. The van der Waals surface area contributed by atoms with E-state index in [0.717, 1.165) is 6.42 Å². The Morgan fingerprint density at radius 2 is 1.25 bits per heavy atom. The van der Waals surface area contributed by atoms with Crippen LogP contribution in [-0.4, -0.2) is 0 Å². The molecule has 0 fully saturated rings. The van der Waals surface area contributed by atoms with Crippen LogP contribution in [0.1, 0.15) is 26.2 Å². The molecule has 1 aromatic carbocycles. The second-order valence-electron chi connectivity index (χ2n) is 2.36. The van der Waals surface area contributed by atoms with Crippen LogP contribution < -0.4 is 0 Å². The van der Waals surface area contributed by atoms with Gasteiger partial charge in [0.1, 0.15) is 0 Å². The molecule has 0 spiro atoms. The molecule has 1 aromatic rings. The van der Waals surface area contributed by atoms with E-state index in [9.17, 15) is 0 Å². The molecule has 0 bridgehead atoms. The van der Waals surface area contributed by atoms with E-state index >= 15 is 0 Å². The van der Waals surface area contributed by atoms with Crippen molar-refractivity contribution < 1.29 is 32.7 Å². The van der Waals surface area contributed by atoms with Crippen molar-refractivity contribution in [3.05, 3.63) is 43.3 Å². The van der Waals surface area contributed by atoms with Crippen LogP contribution in [0.3, 0.4) is 0 Å². The smallest absolute Gasteiger partial charge is 0 e. The number of hydrogen-bond donors (Lipinski definition) is 0. The van der Waals surface area contributed by atoms with Crippen molar-refractivity contribution in [1.82, 2.24) is 0 Å². The molecule has 0 saturated carbocycles. The summed E-state index contributed by atoms with van der Waals surface area (Å²) >= 11 is 0. The van der Waals surface area contributed by atoms with Crippen LogP contribution in [0.15, 0.2) is 36.4 Å². The third-order valence-electron chi connectivity index (χ3n) is 1.27. The average Bonchev–Trinajstić information content (AvgIpc) is 2.10. The fraction of sp³-hybridized carbons (Fsp3) is 0.364. The normalized spacial score (nSPS) is 7.50. The second-order valence-corrected chi connectivity index (χ2v) is 2.36.